The number of fused-ring (bicyclic) bond motifs is 1. The van der Waals surface area contributed by atoms with Crippen LogP contribution in [-0.2, 0) is 13.1 Å². The Hall–Kier alpha value is -2.41. The third kappa shape index (κ3) is 4.29. The van der Waals surface area contributed by atoms with E-state index in [1.165, 1.54) is 36.8 Å². The van der Waals surface area contributed by atoms with Gasteiger partial charge in [0.2, 0.25) is 5.95 Å². The SMILES string of the molecule is CC1CCCN(c2cc(N3Cc4ccccc4C3)nc(NC(=S)NC3CC3)n2)C1. The number of nitrogens with one attached hydrogen (secondary N) is 2. The maximum Gasteiger partial charge on any atom is 0.232 e. The van der Waals surface area contributed by atoms with Crippen molar-refractivity contribution in [2.45, 2.75) is 51.7 Å². The van der Waals surface area contributed by atoms with Crippen LogP contribution in [0.4, 0.5) is 17.6 Å². The molecule has 2 aliphatic heterocycles. The summed E-state index contributed by atoms with van der Waals surface area (Å²) in [5.41, 5.74) is 2.75. The molecule has 152 valence electrons. The molecular formula is C22H28N6S. The zero-order valence-electron chi connectivity index (χ0n) is 16.9. The van der Waals surface area contributed by atoms with Gasteiger partial charge in [0, 0.05) is 38.3 Å². The number of benzene rings is 1. The summed E-state index contributed by atoms with van der Waals surface area (Å²) in [5, 5.41) is 7.18. The first kappa shape index (κ1) is 18.6. The normalized spacial score (nSPS) is 21.1. The van der Waals surface area contributed by atoms with Gasteiger partial charge < -0.3 is 20.4 Å². The summed E-state index contributed by atoms with van der Waals surface area (Å²) in [7, 11) is 0. The van der Waals surface area contributed by atoms with Crippen molar-refractivity contribution < 1.29 is 0 Å². The Morgan fingerprint density at radius 1 is 1.03 bits per heavy atom. The van der Waals surface area contributed by atoms with E-state index in [1.807, 2.05) is 0 Å². The topological polar surface area (TPSA) is 56.3 Å². The van der Waals surface area contributed by atoms with E-state index >= 15 is 0 Å². The van der Waals surface area contributed by atoms with Crippen molar-refractivity contribution in [1.82, 2.24) is 15.3 Å². The summed E-state index contributed by atoms with van der Waals surface area (Å²) in [4.78, 5) is 14.4. The van der Waals surface area contributed by atoms with E-state index in [4.69, 9.17) is 22.2 Å². The van der Waals surface area contributed by atoms with Gasteiger partial charge in [-0.3, -0.25) is 0 Å². The van der Waals surface area contributed by atoms with Crippen molar-refractivity contribution in [3.8, 4) is 0 Å². The first-order valence-electron chi connectivity index (χ1n) is 10.7. The quantitative estimate of drug-likeness (QED) is 0.749. The molecule has 3 heterocycles. The van der Waals surface area contributed by atoms with Gasteiger partial charge in [-0.1, -0.05) is 31.2 Å². The minimum absolute atomic E-state index is 0.508. The summed E-state index contributed by atoms with van der Waals surface area (Å²) in [6.45, 7) is 6.17. The molecule has 1 atom stereocenters. The standard InChI is InChI=1S/C22H28N6S/c1-15-5-4-10-27(12-15)19-11-20(28-13-16-6-2-3-7-17(16)14-28)25-21(24-19)26-22(29)23-18-8-9-18/h2-3,6-7,11,15,18H,4-5,8-10,12-14H2,1H3,(H2,23,24,25,26,29). The van der Waals surface area contributed by atoms with Crippen LogP contribution in [0.2, 0.25) is 0 Å². The first-order valence-corrected chi connectivity index (χ1v) is 11.1. The van der Waals surface area contributed by atoms with Gasteiger partial charge >= 0.3 is 0 Å². The third-order valence-electron chi connectivity index (χ3n) is 5.98. The lowest BCUT2D eigenvalue weighted by molar-refractivity contribution is 0.444. The molecule has 2 fully saturated rings. The molecule has 2 aromatic rings. The largest absolute Gasteiger partial charge is 0.360 e. The third-order valence-corrected chi connectivity index (χ3v) is 6.20. The lowest BCUT2D eigenvalue weighted by Crippen LogP contribution is -2.36. The molecule has 0 radical (unpaired) electrons. The molecule has 1 aliphatic carbocycles. The Morgan fingerprint density at radius 2 is 1.72 bits per heavy atom. The highest BCUT2D eigenvalue weighted by atomic mass is 32.1. The molecule has 0 amide bonds. The van der Waals surface area contributed by atoms with Crippen LogP contribution in [-0.4, -0.2) is 34.2 Å². The van der Waals surface area contributed by atoms with E-state index in [-0.39, 0.29) is 0 Å². The second-order valence-electron chi connectivity index (χ2n) is 8.60. The van der Waals surface area contributed by atoms with Gasteiger partial charge in [0.1, 0.15) is 11.6 Å². The fraction of sp³-hybridized carbons (Fsp3) is 0.500. The van der Waals surface area contributed by atoms with Crippen LogP contribution >= 0.6 is 12.2 Å². The molecule has 1 aromatic carbocycles. The van der Waals surface area contributed by atoms with E-state index in [1.54, 1.807) is 0 Å². The van der Waals surface area contributed by atoms with E-state index in [2.05, 4.69) is 57.7 Å². The lowest BCUT2D eigenvalue weighted by atomic mass is 10.0. The number of rotatable bonds is 4. The minimum atomic E-state index is 0.508. The molecule has 29 heavy (non-hydrogen) atoms. The molecule has 1 saturated carbocycles. The van der Waals surface area contributed by atoms with Crippen LogP contribution in [0.5, 0.6) is 0 Å². The van der Waals surface area contributed by atoms with E-state index < -0.39 is 0 Å². The highest BCUT2D eigenvalue weighted by Crippen LogP contribution is 2.31. The molecule has 0 spiro atoms. The number of hydrogen-bond acceptors (Lipinski definition) is 5. The highest BCUT2D eigenvalue weighted by molar-refractivity contribution is 7.80. The number of aromatic nitrogens is 2. The molecule has 6 nitrogen and oxygen atoms in total. The summed E-state index contributed by atoms with van der Waals surface area (Å²) in [6, 6.07) is 11.3. The summed E-state index contributed by atoms with van der Waals surface area (Å²) in [5.74, 6) is 3.23. The molecule has 2 N–H and O–H groups in total. The highest BCUT2D eigenvalue weighted by Gasteiger charge is 2.25. The Bertz CT molecular complexity index is 887. The number of anilines is 3. The van der Waals surface area contributed by atoms with Gasteiger partial charge in [-0.05, 0) is 54.9 Å². The van der Waals surface area contributed by atoms with Crippen LogP contribution in [0.1, 0.15) is 43.7 Å². The van der Waals surface area contributed by atoms with E-state index in [0.717, 1.165) is 37.8 Å². The van der Waals surface area contributed by atoms with Crippen LogP contribution < -0.4 is 20.4 Å². The molecule has 1 aromatic heterocycles. The van der Waals surface area contributed by atoms with Crippen molar-refractivity contribution in [1.29, 1.82) is 0 Å². The van der Waals surface area contributed by atoms with E-state index in [0.29, 0.717) is 23.0 Å². The summed E-state index contributed by atoms with van der Waals surface area (Å²) >= 11 is 5.48. The van der Waals surface area contributed by atoms with Crippen molar-refractivity contribution in [3.05, 3.63) is 41.5 Å². The Morgan fingerprint density at radius 3 is 2.38 bits per heavy atom. The van der Waals surface area contributed by atoms with Crippen LogP contribution in [0.15, 0.2) is 30.3 Å². The van der Waals surface area contributed by atoms with Crippen molar-refractivity contribution in [2.24, 2.45) is 5.92 Å². The first-order chi connectivity index (χ1) is 14.1. The lowest BCUT2D eigenvalue weighted by Gasteiger charge is -2.32. The van der Waals surface area contributed by atoms with Crippen molar-refractivity contribution >= 4 is 34.9 Å². The van der Waals surface area contributed by atoms with Gasteiger partial charge in [-0.15, -0.1) is 0 Å². The van der Waals surface area contributed by atoms with E-state index in [9.17, 15) is 0 Å². The van der Waals surface area contributed by atoms with Crippen molar-refractivity contribution in [2.75, 3.05) is 28.2 Å². The van der Waals surface area contributed by atoms with Gasteiger partial charge in [-0.2, -0.15) is 9.97 Å². The number of piperidine rings is 1. The van der Waals surface area contributed by atoms with Crippen LogP contribution in [0.3, 0.4) is 0 Å². The Balaban J connectivity index is 1.42. The maximum atomic E-state index is 5.48. The molecular weight excluding hydrogens is 380 g/mol. The Kier molecular flexibility index (Phi) is 4.99. The zero-order valence-corrected chi connectivity index (χ0v) is 17.7. The molecule has 1 unspecified atom stereocenters. The summed E-state index contributed by atoms with van der Waals surface area (Å²) < 4.78 is 0. The Labute approximate surface area is 177 Å². The maximum absolute atomic E-state index is 5.48. The van der Waals surface area contributed by atoms with Gasteiger partial charge in [0.15, 0.2) is 5.11 Å². The summed E-state index contributed by atoms with van der Waals surface area (Å²) in [6.07, 6.45) is 4.87. The second-order valence-corrected chi connectivity index (χ2v) is 9.01. The zero-order chi connectivity index (χ0) is 19.8. The number of nitrogens with zero attached hydrogens (tertiary/aromatic N) is 4. The van der Waals surface area contributed by atoms with Crippen LogP contribution in [0.25, 0.3) is 0 Å². The molecule has 5 rings (SSSR count). The molecule has 0 bridgehead atoms. The monoisotopic (exact) mass is 408 g/mol. The van der Waals surface area contributed by atoms with Gasteiger partial charge in [0.05, 0.1) is 0 Å². The van der Waals surface area contributed by atoms with Gasteiger partial charge in [0.25, 0.3) is 0 Å². The number of thiocarbonyl (C=S) groups is 1. The molecule has 1 saturated heterocycles. The second kappa shape index (κ2) is 7.78. The minimum Gasteiger partial charge on any atom is -0.360 e. The van der Waals surface area contributed by atoms with Crippen LogP contribution in [0, 0.1) is 5.92 Å². The average molecular weight is 409 g/mol. The predicted octanol–water partition coefficient (Wildman–Crippen LogP) is 3.68. The fourth-order valence-electron chi connectivity index (χ4n) is 4.25. The average Bonchev–Trinajstić information content (AvgIpc) is 3.41. The fourth-order valence-corrected chi connectivity index (χ4v) is 4.50. The molecule has 3 aliphatic rings. The number of hydrogen-bond donors (Lipinski definition) is 2. The smallest absolute Gasteiger partial charge is 0.232 e. The van der Waals surface area contributed by atoms with Crippen molar-refractivity contribution in [3.63, 3.8) is 0 Å². The van der Waals surface area contributed by atoms with Gasteiger partial charge in [-0.25, -0.2) is 0 Å². The molecule has 7 heteroatoms. The predicted molar refractivity (Wildman–Crippen MR) is 121 cm³/mol.